The zero-order valence-corrected chi connectivity index (χ0v) is 14.6. The summed E-state index contributed by atoms with van der Waals surface area (Å²) in [5, 5.41) is 2.14. The lowest BCUT2D eigenvalue weighted by atomic mass is 10.1. The summed E-state index contributed by atoms with van der Waals surface area (Å²) in [5.41, 5.74) is 1.77. The molecule has 0 aliphatic rings. The maximum absolute atomic E-state index is 5.64. The molecule has 0 N–H and O–H groups in total. The number of halogens is 3. The van der Waals surface area contributed by atoms with Crippen molar-refractivity contribution in [1.82, 2.24) is 4.98 Å². The van der Waals surface area contributed by atoms with Gasteiger partial charge in [-0.3, -0.25) is 0 Å². The van der Waals surface area contributed by atoms with Crippen LogP contribution in [0.2, 0.25) is 0 Å². The molecule has 0 bridgehead atoms. The minimum absolute atomic E-state index is 0. The van der Waals surface area contributed by atoms with Crippen LogP contribution in [0.3, 0.4) is 0 Å². The highest BCUT2D eigenvalue weighted by Gasteiger charge is 2.04. The number of hydrogen-bond acceptors (Lipinski definition) is 3. The van der Waals surface area contributed by atoms with Gasteiger partial charge in [0, 0.05) is 22.9 Å². The van der Waals surface area contributed by atoms with Crippen LogP contribution in [0.1, 0.15) is 0 Å². The van der Waals surface area contributed by atoms with Gasteiger partial charge in [0.05, 0.1) is 22.8 Å². The third-order valence-corrected chi connectivity index (χ3v) is 3.56. The van der Waals surface area contributed by atoms with Gasteiger partial charge in [-0.2, -0.15) is 0 Å². The van der Waals surface area contributed by atoms with E-state index in [1.807, 2.05) is 36.4 Å². The number of ether oxygens (including phenoxy) is 2. The first kappa shape index (κ1) is 17.9. The molecule has 0 atom stereocenters. The lowest BCUT2D eigenvalue weighted by Crippen LogP contribution is -1.98. The lowest BCUT2D eigenvalue weighted by molar-refractivity contribution is 0.343. The molecule has 0 aliphatic heterocycles. The Morgan fingerprint density at radius 3 is 1.65 bits per heavy atom. The zero-order valence-electron chi connectivity index (χ0n) is 12.3. The van der Waals surface area contributed by atoms with E-state index in [9.17, 15) is 0 Å². The average molecular weight is 373 g/mol. The molecule has 6 heteroatoms. The van der Waals surface area contributed by atoms with E-state index in [4.69, 9.17) is 32.7 Å². The summed E-state index contributed by atoms with van der Waals surface area (Å²) < 4.78 is 11.1. The quantitative estimate of drug-likeness (QED) is 0.448. The summed E-state index contributed by atoms with van der Waals surface area (Å²) in [6.07, 6.45) is 0. The predicted octanol–water partition coefficient (Wildman–Crippen LogP) is 5.05. The molecule has 0 amide bonds. The Morgan fingerprint density at radius 1 is 0.739 bits per heavy atom. The number of alkyl halides is 2. The van der Waals surface area contributed by atoms with Crippen LogP contribution >= 0.6 is 35.6 Å². The fourth-order valence-corrected chi connectivity index (χ4v) is 2.43. The van der Waals surface area contributed by atoms with Crippen LogP contribution in [0, 0.1) is 0 Å². The maximum Gasteiger partial charge on any atom is 0.121 e. The first-order valence-electron chi connectivity index (χ1n) is 7.02. The minimum Gasteiger partial charge on any atom is -0.492 e. The molecule has 1 aromatic heterocycles. The van der Waals surface area contributed by atoms with Gasteiger partial charge >= 0.3 is 0 Å². The highest BCUT2D eigenvalue weighted by Crippen LogP contribution is 2.26. The van der Waals surface area contributed by atoms with E-state index in [0.717, 1.165) is 33.3 Å². The second kappa shape index (κ2) is 8.44. The fourth-order valence-electron chi connectivity index (χ4n) is 2.27. The molecule has 2 aromatic carbocycles. The molecular weight excluding hydrogens is 357 g/mol. The number of hydrogen-bond donors (Lipinski definition) is 0. The van der Waals surface area contributed by atoms with E-state index >= 15 is 0 Å². The molecule has 0 saturated carbocycles. The van der Waals surface area contributed by atoms with Gasteiger partial charge in [0.15, 0.2) is 0 Å². The van der Waals surface area contributed by atoms with Crippen LogP contribution < -0.4 is 9.47 Å². The molecule has 0 fully saturated rings. The standard InChI is InChI=1S/C17H15Cl2NO2.ClH/c18-5-7-21-14-3-1-12-9-13-2-4-15(22-8-6-19)11-17(13)20-16(12)10-14;/h1-4,9-11H,5-8H2;1H. The fraction of sp³-hybridized carbons (Fsp3) is 0.235. The molecule has 23 heavy (non-hydrogen) atoms. The molecule has 0 aliphatic carbocycles. The monoisotopic (exact) mass is 371 g/mol. The zero-order chi connectivity index (χ0) is 15.4. The third kappa shape index (κ3) is 4.31. The van der Waals surface area contributed by atoms with Crippen molar-refractivity contribution in [1.29, 1.82) is 0 Å². The average Bonchev–Trinajstić information content (AvgIpc) is 2.56. The summed E-state index contributed by atoms with van der Waals surface area (Å²) in [4.78, 5) is 4.69. The lowest BCUT2D eigenvalue weighted by Gasteiger charge is -2.08. The van der Waals surface area contributed by atoms with Gasteiger partial charge in [-0.1, -0.05) is 0 Å². The first-order valence-corrected chi connectivity index (χ1v) is 8.09. The molecule has 1 heterocycles. The van der Waals surface area contributed by atoms with E-state index in [-0.39, 0.29) is 12.4 Å². The molecular formula is C17H16Cl3NO2. The highest BCUT2D eigenvalue weighted by atomic mass is 35.5. The van der Waals surface area contributed by atoms with Crippen molar-refractivity contribution in [2.75, 3.05) is 25.0 Å². The summed E-state index contributed by atoms with van der Waals surface area (Å²) in [7, 11) is 0. The molecule has 0 saturated heterocycles. The van der Waals surface area contributed by atoms with E-state index in [0.29, 0.717) is 25.0 Å². The van der Waals surface area contributed by atoms with Crippen LogP contribution in [-0.2, 0) is 0 Å². The van der Waals surface area contributed by atoms with Crippen LogP contribution in [-0.4, -0.2) is 30.0 Å². The van der Waals surface area contributed by atoms with Crippen molar-refractivity contribution in [3.05, 3.63) is 42.5 Å². The maximum atomic E-state index is 5.64. The van der Waals surface area contributed by atoms with Gasteiger partial charge in [0.2, 0.25) is 0 Å². The predicted molar refractivity (Wildman–Crippen MR) is 98.9 cm³/mol. The van der Waals surface area contributed by atoms with Gasteiger partial charge in [0.1, 0.15) is 24.7 Å². The Hall–Kier alpha value is -1.42. The summed E-state index contributed by atoms with van der Waals surface area (Å²) in [6.45, 7) is 0.966. The second-order valence-electron chi connectivity index (χ2n) is 4.77. The van der Waals surface area contributed by atoms with Gasteiger partial charge in [-0.05, 0) is 30.3 Å². The van der Waals surface area contributed by atoms with Gasteiger partial charge in [-0.15, -0.1) is 35.6 Å². The third-order valence-electron chi connectivity index (χ3n) is 3.25. The number of aromatic nitrogens is 1. The van der Waals surface area contributed by atoms with Crippen LogP contribution in [0.25, 0.3) is 21.8 Å². The number of benzene rings is 2. The number of fused-ring (bicyclic) bond motifs is 2. The van der Waals surface area contributed by atoms with Crippen molar-refractivity contribution >= 4 is 57.4 Å². The smallest absolute Gasteiger partial charge is 0.121 e. The largest absolute Gasteiger partial charge is 0.492 e. The van der Waals surface area contributed by atoms with Gasteiger partial charge < -0.3 is 9.47 Å². The van der Waals surface area contributed by atoms with Crippen LogP contribution in [0.15, 0.2) is 42.5 Å². The van der Waals surface area contributed by atoms with Crippen molar-refractivity contribution < 1.29 is 9.47 Å². The van der Waals surface area contributed by atoms with Crippen molar-refractivity contribution in [3.8, 4) is 11.5 Å². The Bertz CT molecular complexity index is 732. The summed E-state index contributed by atoms with van der Waals surface area (Å²) in [5.74, 6) is 2.47. The minimum atomic E-state index is 0. The van der Waals surface area contributed by atoms with Crippen molar-refractivity contribution in [3.63, 3.8) is 0 Å². The number of nitrogens with zero attached hydrogens (tertiary/aromatic N) is 1. The van der Waals surface area contributed by atoms with E-state index in [1.54, 1.807) is 0 Å². The SMILES string of the molecule is Cl.ClCCOc1ccc2cc3ccc(OCCCl)cc3nc2c1. The molecule has 3 aromatic rings. The molecule has 122 valence electrons. The van der Waals surface area contributed by atoms with Crippen molar-refractivity contribution in [2.45, 2.75) is 0 Å². The first-order chi connectivity index (χ1) is 10.8. The highest BCUT2D eigenvalue weighted by molar-refractivity contribution is 6.18. The Balaban J connectivity index is 0.00000192. The Labute approximate surface area is 150 Å². The molecule has 0 radical (unpaired) electrons. The summed E-state index contributed by atoms with van der Waals surface area (Å²) in [6, 6.07) is 13.8. The Kier molecular flexibility index (Phi) is 6.58. The number of pyridine rings is 1. The topological polar surface area (TPSA) is 31.4 Å². The van der Waals surface area contributed by atoms with Gasteiger partial charge in [-0.25, -0.2) is 4.98 Å². The van der Waals surface area contributed by atoms with Crippen LogP contribution in [0.4, 0.5) is 0 Å². The van der Waals surface area contributed by atoms with Crippen molar-refractivity contribution in [2.24, 2.45) is 0 Å². The van der Waals surface area contributed by atoms with E-state index < -0.39 is 0 Å². The normalized spacial score (nSPS) is 10.5. The molecule has 3 nitrogen and oxygen atoms in total. The Morgan fingerprint density at radius 2 is 1.22 bits per heavy atom. The second-order valence-corrected chi connectivity index (χ2v) is 5.53. The molecule has 3 rings (SSSR count). The number of rotatable bonds is 6. The molecule has 0 unspecified atom stereocenters. The van der Waals surface area contributed by atoms with Gasteiger partial charge in [0.25, 0.3) is 0 Å². The van der Waals surface area contributed by atoms with E-state index in [1.165, 1.54) is 0 Å². The summed E-state index contributed by atoms with van der Waals surface area (Å²) >= 11 is 11.3. The van der Waals surface area contributed by atoms with E-state index in [2.05, 4.69) is 11.1 Å². The molecule has 0 spiro atoms. The van der Waals surface area contributed by atoms with Crippen LogP contribution in [0.5, 0.6) is 11.5 Å².